The Morgan fingerprint density at radius 1 is 1.13 bits per heavy atom. The van der Waals surface area contributed by atoms with Gasteiger partial charge in [-0.15, -0.1) is 0 Å². The summed E-state index contributed by atoms with van der Waals surface area (Å²) in [6.45, 7) is 4.08. The summed E-state index contributed by atoms with van der Waals surface area (Å²) in [5, 5.41) is 6.42. The van der Waals surface area contributed by atoms with E-state index in [1.54, 1.807) is 4.90 Å². The molecule has 2 N–H and O–H groups in total. The summed E-state index contributed by atoms with van der Waals surface area (Å²) in [5.74, 6) is -0.346. The second-order valence-electron chi connectivity index (χ2n) is 6.22. The van der Waals surface area contributed by atoms with E-state index in [0.29, 0.717) is 31.5 Å². The number of likely N-dealkylation sites (tertiary alicyclic amines) is 1. The average molecular weight is 314 g/mol. The van der Waals surface area contributed by atoms with Gasteiger partial charge in [0.2, 0.25) is 5.91 Å². The molecule has 1 saturated heterocycles. The Kier molecular flexibility index (Phi) is 4.32. The standard InChI is InChI=1S/C17H22N4O2/c1-12-6-11-21(19-12)15-4-2-14(3-5-15)17(23)20-9-7-13(8-10-20)16(18)22/h2-5,13H,6-11H2,1H3,(H2,18,22). The number of rotatable bonds is 3. The summed E-state index contributed by atoms with van der Waals surface area (Å²) in [6.07, 6.45) is 2.29. The fourth-order valence-corrected chi connectivity index (χ4v) is 3.09. The highest BCUT2D eigenvalue weighted by atomic mass is 16.2. The van der Waals surface area contributed by atoms with Crippen molar-refractivity contribution in [2.45, 2.75) is 26.2 Å². The molecule has 0 radical (unpaired) electrons. The molecule has 0 aromatic heterocycles. The predicted octanol–water partition coefficient (Wildman–Crippen LogP) is 1.61. The van der Waals surface area contributed by atoms with Gasteiger partial charge >= 0.3 is 0 Å². The van der Waals surface area contributed by atoms with Crippen LogP contribution in [0.5, 0.6) is 0 Å². The van der Waals surface area contributed by atoms with Crippen LogP contribution >= 0.6 is 0 Å². The van der Waals surface area contributed by atoms with Crippen LogP contribution in [0, 0.1) is 5.92 Å². The normalized spacial score (nSPS) is 18.9. The SMILES string of the molecule is CC1=NN(c2ccc(C(=O)N3CCC(C(N)=O)CC3)cc2)CC1. The lowest BCUT2D eigenvalue weighted by Gasteiger charge is -2.30. The molecular weight excluding hydrogens is 292 g/mol. The highest BCUT2D eigenvalue weighted by Crippen LogP contribution is 2.22. The number of hydrogen-bond acceptors (Lipinski definition) is 4. The molecule has 2 aliphatic rings. The van der Waals surface area contributed by atoms with Crippen LogP contribution in [-0.2, 0) is 4.79 Å². The summed E-state index contributed by atoms with van der Waals surface area (Å²) in [6, 6.07) is 7.57. The van der Waals surface area contributed by atoms with Gasteiger partial charge in [-0.2, -0.15) is 5.10 Å². The van der Waals surface area contributed by atoms with Crippen LogP contribution in [0.1, 0.15) is 36.5 Å². The van der Waals surface area contributed by atoms with Gasteiger partial charge in [0.1, 0.15) is 0 Å². The number of benzene rings is 1. The first-order valence-electron chi connectivity index (χ1n) is 8.05. The zero-order valence-electron chi connectivity index (χ0n) is 13.4. The van der Waals surface area contributed by atoms with E-state index in [1.807, 2.05) is 36.2 Å². The molecule has 122 valence electrons. The maximum Gasteiger partial charge on any atom is 0.253 e. The average Bonchev–Trinajstić information content (AvgIpc) is 3.01. The van der Waals surface area contributed by atoms with Crippen molar-refractivity contribution in [1.82, 2.24) is 4.90 Å². The number of piperidine rings is 1. The van der Waals surface area contributed by atoms with E-state index in [1.165, 1.54) is 0 Å². The third-order valence-corrected chi connectivity index (χ3v) is 4.57. The first kappa shape index (κ1) is 15.5. The highest BCUT2D eigenvalue weighted by Gasteiger charge is 2.26. The van der Waals surface area contributed by atoms with E-state index in [0.717, 1.165) is 24.4 Å². The molecule has 23 heavy (non-hydrogen) atoms. The lowest BCUT2D eigenvalue weighted by Crippen LogP contribution is -2.41. The number of amides is 2. The van der Waals surface area contributed by atoms with E-state index < -0.39 is 0 Å². The van der Waals surface area contributed by atoms with Gasteiger partial charge in [-0.05, 0) is 44.0 Å². The number of hydrazone groups is 1. The Morgan fingerprint density at radius 3 is 2.30 bits per heavy atom. The molecule has 0 atom stereocenters. The molecule has 6 heteroatoms. The van der Waals surface area contributed by atoms with Gasteiger partial charge in [-0.25, -0.2) is 0 Å². The highest BCUT2D eigenvalue weighted by molar-refractivity contribution is 5.95. The van der Waals surface area contributed by atoms with Crippen LogP contribution in [0.2, 0.25) is 0 Å². The molecule has 0 unspecified atom stereocenters. The van der Waals surface area contributed by atoms with E-state index in [4.69, 9.17) is 5.73 Å². The summed E-state index contributed by atoms with van der Waals surface area (Å²) in [7, 11) is 0. The zero-order chi connectivity index (χ0) is 16.4. The largest absolute Gasteiger partial charge is 0.369 e. The molecule has 6 nitrogen and oxygen atoms in total. The van der Waals surface area contributed by atoms with E-state index in [-0.39, 0.29) is 17.7 Å². The fraction of sp³-hybridized carbons (Fsp3) is 0.471. The Morgan fingerprint density at radius 2 is 1.78 bits per heavy atom. The molecule has 0 saturated carbocycles. The lowest BCUT2D eigenvalue weighted by molar-refractivity contribution is -0.123. The molecule has 0 bridgehead atoms. The molecular formula is C17H22N4O2. The lowest BCUT2D eigenvalue weighted by atomic mass is 9.96. The minimum atomic E-state index is -0.261. The molecule has 1 aromatic rings. The van der Waals surface area contributed by atoms with Gasteiger partial charge in [-0.3, -0.25) is 14.6 Å². The monoisotopic (exact) mass is 314 g/mol. The molecule has 3 rings (SSSR count). The van der Waals surface area contributed by atoms with Gasteiger partial charge in [0.15, 0.2) is 0 Å². The number of carbonyl (C=O) groups excluding carboxylic acids is 2. The van der Waals surface area contributed by atoms with Gasteiger partial charge in [0, 0.05) is 43.2 Å². The van der Waals surface area contributed by atoms with E-state index in [2.05, 4.69) is 5.10 Å². The molecule has 1 aromatic carbocycles. The number of anilines is 1. The minimum Gasteiger partial charge on any atom is -0.369 e. The van der Waals surface area contributed by atoms with E-state index >= 15 is 0 Å². The van der Waals surface area contributed by atoms with Crippen molar-refractivity contribution in [2.75, 3.05) is 24.6 Å². The van der Waals surface area contributed by atoms with Gasteiger partial charge < -0.3 is 10.6 Å². The maximum absolute atomic E-state index is 12.5. The number of nitrogens with two attached hydrogens (primary N) is 1. The van der Waals surface area contributed by atoms with Gasteiger partial charge in [0.25, 0.3) is 5.91 Å². The zero-order valence-corrected chi connectivity index (χ0v) is 13.4. The Bertz CT molecular complexity index is 630. The van der Waals surface area contributed by atoms with Crippen molar-refractivity contribution in [1.29, 1.82) is 0 Å². The molecule has 0 aliphatic carbocycles. The molecule has 1 fully saturated rings. The van der Waals surface area contributed by atoms with Crippen LogP contribution in [0.3, 0.4) is 0 Å². The predicted molar refractivity (Wildman–Crippen MR) is 89.3 cm³/mol. The van der Waals surface area contributed by atoms with E-state index in [9.17, 15) is 9.59 Å². The topological polar surface area (TPSA) is 79.0 Å². The van der Waals surface area contributed by atoms with Gasteiger partial charge in [-0.1, -0.05) is 0 Å². The Labute approximate surface area is 135 Å². The third kappa shape index (κ3) is 3.36. The number of carbonyl (C=O) groups is 2. The number of primary amides is 1. The Balaban J connectivity index is 1.63. The molecule has 2 aliphatic heterocycles. The fourth-order valence-electron chi connectivity index (χ4n) is 3.09. The van der Waals surface area contributed by atoms with Crippen molar-refractivity contribution < 1.29 is 9.59 Å². The van der Waals surface area contributed by atoms with Crippen molar-refractivity contribution in [3.63, 3.8) is 0 Å². The smallest absolute Gasteiger partial charge is 0.253 e. The summed E-state index contributed by atoms with van der Waals surface area (Å²) in [4.78, 5) is 25.5. The summed E-state index contributed by atoms with van der Waals surface area (Å²) < 4.78 is 0. The maximum atomic E-state index is 12.5. The first-order chi connectivity index (χ1) is 11.0. The minimum absolute atomic E-state index is 0.0144. The first-order valence-corrected chi connectivity index (χ1v) is 8.05. The summed E-state index contributed by atoms with van der Waals surface area (Å²) >= 11 is 0. The quantitative estimate of drug-likeness (QED) is 0.920. The van der Waals surface area contributed by atoms with Crippen molar-refractivity contribution in [3.05, 3.63) is 29.8 Å². The second-order valence-corrected chi connectivity index (χ2v) is 6.22. The van der Waals surface area contributed by atoms with Crippen LogP contribution in [-0.4, -0.2) is 42.1 Å². The number of nitrogens with zero attached hydrogens (tertiary/aromatic N) is 3. The molecule has 0 spiro atoms. The molecule has 2 amide bonds. The molecule has 2 heterocycles. The van der Waals surface area contributed by atoms with Crippen LogP contribution in [0.4, 0.5) is 5.69 Å². The van der Waals surface area contributed by atoms with Crippen molar-refractivity contribution >= 4 is 23.2 Å². The van der Waals surface area contributed by atoms with Crippen molar-refractivity contribution in [3.8, 4) is 0 Å². The van der Waals surface area contributed by atoms with Crippen LogP contribution in [0.25, 0.3) is 0 Å². The van der Waals surface area contributed by atoms with Crippen LogP contribution in [0.15, 0.2) is 29.4 Å². The van der Waals surface area contributed by atoms with Crippen LogP contribution < -0.4 is 10.7 Å². The Hall–Kier alpha value is -2.37. The second kappa shape index (κ2) is 6.40. The van der Waals surface area contributed by atoms with Gasteiger partial charge in [0.05, 0.1) is 5.69 Å². The summed E-state index contributed by atoms with van der Waals surface area (Å²) in [5.41, 5.74) is 8.13. The number of hydrogen-bond donors (Lipinski definition) is 1. The third-order valence-electron chi connectivity index (χ3n) is 4.57. The van der Waals surface area contributed by atoms with Crippen molar-refractivity contribution in [2.24, 2.45) is 16.8 Å².